The second-order valence-corrected chi connectivity index (χ2v) is 3.73. The zero-order valence-electron chi connectivity index (χ0n) is 7.45. The predicted octanol–water partition coefficient (Wildman–Crippen LogP) is 3.46. The first kappa shape index (κ1) is 8.32. The van der Waals surface area contributed by atoms with Crippen molar-refractivity contribution in [3.8, 4) is 11.1 Å². The van der Waals surface area contributed by atoms with Crippen LogP contribution in [0, 0.1) is 0 Å². The molecule has 0 saturated carbocycles. The lowest BCUT2D eigenvalue weighted by atomic mass is 10.1. The molecule has 1 heterocycles. The average molecular weight is 189 g/mol. The molecular formula is C11H11NS. The van der Waals surface area contributed by atoms with E-state index in [1.807, 2.05) is 13.1 Å². The lowest BCUT2D eigenvalue weighted by Crippen LogP contribution is -1.80. The Bertz CT molecular complexity index is 378. The van der Waals surface area contributed by atoms with Crippen molar-refractivity contribution < 1.29 is 0 Å². The molecule has 0 fully saturated rings. The first-order chi connectivity index (χ1) is 6.40. The van der Waals surface area contributed by atoms with Crippen molar-refractivity contribution in [1.29, 1.82) is 0 Å². The van der Waals surface area contributed by atoms with Gasteiger partial charge in [-0.3, -0.25) is 0 Å². The van der Waals surface area contributed by atoms with Gasteiger partial charge in [-0.1, -0.05) is 30.3 Å². The van der Waals surface area contributed by atoms with E-state index in [4.69, 9.17) is 0 Å². The number of hydrogen-bond acceptors (Lipinski definition) is 2. The minimum absolute atomic E-state index is 1.21. The fourth-order valence-corrected chi connectivity index (χ4v) is 2.02. The zero-order valence-corrected chi connectivity index (χ0v) is 8.27. The van der Waals surface area contributed by atoms with E-state index in [0.29, 0.717) is 0 Å². The molecule has 1 nitrogen and oxygen atoms in total. The second kappa shape index (κ2) is 3.62. The molecule has 0 spiro atoms. The van der Waals surface area contributed by atoms with E-state index < -0.39 is 0 Å². The van der Waals surface area contributed by atoms with Gasteiger partial charge in [0.05, 0.1) is 5.00 Å². The molecule has 1 N–H and O–H groups in total. The van der Waals surface area contributed by atoms with Crippen molar-refractivity contribution in [2.45, 2.75) is 0 Å². The summed E-state index contributed by atoms with van der Waals surface area (Å²) >= 11 is 1.73. The quantitative estimate of drug-likeness (QED) is 0.763. The van der Waals surface area contributed by atoms with Crippen LogP contribution in [0.5, 0.6) is 0 Å². The van der Waals surface area contributed by atoms with Gasteiger partial charge >= 0.3 is 0 Å². The molecule has 2 rings (SSSR count). The topological polar surface area (TPSA) is 12.0 Å². The van der Waals surface area contributed by atoms with Crippen molar-refractivity contribution >= 4 is 16.3 Å². The highest BCUT2D eigenvalue weighted by Crippen LogP contribution is 2.28. The van der Waals surface area contributed by atoms with E-state index in [1.165, 1.54) is 16.1 Å². The maximum absolute atomic E-state index is 3.14. The monoisotopic (exact) mass is 189 g/mol. The van der Waals surface area contributed by atoms with Crippen LogP contribution in [-0.2, 0) is 0 Å². The smallest absolute Gasteiger partial charge is 0.0886 e. The van der Waals surface area contributed by atoms with Crippen molar-refractivity contribution in [3.05, 3.63) is 41.8 Å². The van der Waals surface area contributed by atoms with Crippen LogP contribution in [-0.4, -0.2) is 7.05 Å². The van der Waals surface area contributed by atoms with Gasteiger partial charge in [0.15, 0.2) is 0 Å². The van der Waals surface area contributed by atoms with Crippen molar-refractivity contribution in [1.82, 2.24) is 0 Å². The Morgan fingerprint density at radius 1 is 1.08 bits per heavy atom. The molecule has 2 aromatic rings. The molecule has 13 heavy (non-hydrogen) atoms. The molecule has 0 aliphatic heterocycles. The maximum Gasteiger partial charge on any atom is 0.0886 e. The Kier molecular flexibility index (Phi) is 2.32. The highest BCUT2D eigenvalue weighted by Gasteiger charge is 1.99. The highest BCUT2D eigenvalue weighted by molar-refractivity contribution is 7.14. The lowest BCUT2D eigenvalue weighted by molar-refractivity contribution is 1.59. The third-order valence-corrected chi connectivity index (χ3v) is 2.90. The van der Waals surface area contributed by atoms with E-state index in [2.05, 4.69) is 41.0 Å². The fraction of sp³-hybridized carbons (Fsp3) is 0.0909. The molecule has 66 valence electrons. The number of hydrogen-bond donors (Lipinski definition) is 1. The van der Waals surface area contributed by atoms with E-state index in [1.54, 1.807) is 11.3 Å². The second-order valence-electron chi connectivity index (χ2n) is 2.82. The molecule has 0 amide bonds. The minimum Gasteiger partial charge on any atom is -0.380 e. The van der Waals surface area contributed by atoms with Crippen LogP contribution in [0.4, 0.5) is 5.00 Å². The Hall–Kier alpha value is -1.28. The van der Waals surface area contributed by atoms with Crippen LogP contribution in [0.15, 0.2) is 41.8 Å². The molecule has 0 aliphatic rings. The number of nitrogens with one attached hydrogen (secondary N) is 1. The first-order valence-corrected chi connectivity index (χ1v) is 5.10. The molecule has 0 radical (unpaired) electrons. The number of thiophene rings is 1. The average Bonchev–Trinajstić information content (AvgIpc) is 2.67. The van der Waals surface area contributed by atoms with Gasteiger partial charge in [-0.2, -0.15) is 0 Å². The normalized spacial score (nSPS) is 9.92. The molecule has 0 saturated heterocycles. The molecule has 0 bridgehead atoms. The van der Waals surface area contributed by atoms with Gasteiger partial charge in [-0.05, 0) is 17.2 Å². The van der Waals surface area contributed by atoms with Crippen LogP contribution in [0.1, 0.15) is 0 Å². The zero-order chi connectivity index (χ0) is 9.10. The van der Waals surface area contributed by atoms with Gasteiger partial charge in [0.25, 0.3) is 0 Å². The van der Waals surface area contributed by atoms with Crippen LogP contribution >= 0.6 is 11.3 Å². The first-order valence-electron chi connectivity index (χ1n) is 4.22. The van der Waals surface area contributed by atoms with Gasteiger partial charge < -0.3 is 5.32 Å². The number of benzene rings is 1. The van der Waals surface area contributed by atoms with Gasteiger partial charge in [0.1, 0.15) is 0 Å². The van der Waals surface area contributed by atoms with Gasteiger partial charge in [-0.15, -0.1) is 11.3 Å². The third-order valence-electron chi connectivity index (χ3n) is 1.95. The minimum atomic E-state index is 1.21. The SMILES string of the molecule is CNc1cc(-c2ccccc2)cs1. The van der Waals surface area contributed by atoms with E-state index >= 15 is 0 Å². The van der Waals surface area contributed by atoms with Crippen molar-refractivity contribution in [2.24, 2.45) is 0 Å². The summed E-state index contributed by atoms with van der Waals surface area (Å²) in [5.74, 6) is 0. The Morgan fingerprint density at radius 2 is 1.85 bits per heavy atom. The van der Waals surface area contributed by atoms with E-state index in [0.717, 1.165) is 0 Å². The number of rotatable bonds is 2. The third kappa shape index (κ3) is 1.73. The Morgan fingerprint density at radius 3 is 2.46 bits per heavy atom. The van der Waals surface area contributed by atoms with Crippen LogP contribution < -0.4 is 5.32 Å². The van der Waals surface area contributed by atoms with Crippen molar-refractivity contribution in [3.63, 3.8) is 0 Å². The predicted molar refractivity (Wildman–Crippen MR) is 59.3 cm³/mol. The summed E-state index contributed by atoms with van der Waals surface area (Å²) < 4.78 is 0. The Labute approximate surface area is 82.0 Å². The molecular weight excluding hydrogens is 178 g/mol. The summed E-state index contributed by atoms with van der Waals surface area (Å²) in [7, 11) is 1.95. The maximum atomic E-state index is 3.14. The van der Waals surface area contributed by atoms with Crippen LogP contribution in [0.3, 0.4) is 0 Å². The van der Waals surface area contributed by atoms with Gasteiger partial charge in [0.2, 0.25) is 0 Å². The van der Waals surface area contributed by atoms with E-state index in [9.17, 15) is 0 Å². The summed E-state index contributed by atoms with van der Waals surface area (Å²) in [6.45, 7) is 0. The summed E-state index contributed by atoms with van der Waals surface area (Å²) in [4.78, 5) is 0. The fourth-order valence-electron chi connectivity index (χ4n) is 1.25. The largest absolute Gasteiger partial charge is 0.380 e. The standard InChI is InChI=1S/C11H11NS/c1-12-11-7-10(8-13-11)9-5-3-2-4-6-9/h2-8,12H,1H3. The van der Waals surface area contributed by atoms with Gasteiger partial charge in [-0.25, -0.2) is 0 Å². The highest BCUT2D eigenvalue weighted by atomic mass is 32.1. The summed E-state index contributed by atoms with van der Waals surface area (Å²) in [5.41, 5.74) is 2.57. The van der Waals surface area contributed by atoms with Crippen molar-refractivity contribution in [2.75, 3.05) is 12.4 Å². The summed E-state index contributed by atoms with van der Waals surface area (Å²) in [6.07, 6.45) is 0. The molecule has 0 aliphatic carbocycles. The summed E-state index contributed by atoms with van der Waals surface area (Å²) in [5, 5.41) is 6.51. The molecule has 0 atom stereocenters. The molecule has 1 aromatic heterocycles. The number of anilines is 1. The van der Waals surface area contributed by atoms with Gasteiger partial charge in [0, 0.05) is 12.4 Å². The van der Waals surface area contributed by atoms with Crippen LogP contribution in [0.2, 0.25) is 0 Å². The molecule has 1 aromatic carbocycles. The van der Waals surface area contributed by atoms with E-state index in [-0.39, 0.29) is 0 Å². The molecule has 0 unspecified atom stereocenters. The van der Waals surface area contributed by atoms with Crippen LogP contribution in [0.25, 0.3) is 11.1 Å². The lowest BCUT2D eigenvalue weighted by Gasteiger charge is -1.94. The summed E-state index contributed by atoms with van der Waals surface area (Å²) in [6, 6.07) is 12.6. The molecule has 2 heteroatoms. The Balaban J connectivity index is 2.36.